The summed E-state index contributed by atoms with van der Waals surface area (Å²) in [7, 11) is -3.52. The van der Waals surface area contributed by atoms with Gasteiger partial charge in [0.15, 0.2) is 0 Å². The highest BCUT2D eigenvalue weighted by atomic mass is 32.2. The fourth-order valence-corrected chi connectivity index (χ4v) is 3.68. The quantitative estimate of drug-likeness (QED) is 0.750. The summed E-state index contributed by atoms with van der Waals surface area (Å²) >= 11 is 0. The molecule has 138 valence electrons. The van der Waals surface area contributed by atoms with Gasteiger partial charge in [-0.25, -0.2) is 18.4 Å². The first-order valence-corrected chi connectivity index (χ1v) is 10.1. The predicted molar refractivity (Wildman–Crippen MR) is 93.6 cm³/mol. The number of piperidine rings is 1. The molecule has 0 bridgehead atoms. The van der Waals surface area contributed by atoms with Crippen molar-refractivity contribution in [3.05, 3.63) is 35.4 Å². The Balaban J connectivity index is 1.78. The van der Waals surface area contributed by atoms with Crippen molar-refractivity contribution in [2.75, 3.05) is 18.8 Å². The first-order chi connectivity index (χ1) is 11.7. The molecule has 2 rings (SSSR count). The van der Waals surface area contributed by atoms with Crippen LogP contribution in [0.5, 0.6) is 0 Å². The van der Waals surface area contributed by atoms with Gasteiger partial charge in [0, 0.05) is 19.5 Å². The van der Waals surface area contributed by atoms with Gasteiger partial charge in [-0.2, -0.15) is 0 Å². The number of rotatable bonds is 7. The molecule has 8 heteroatoms. The van der Waals surface area contributed by atoms with E-state index in [-0.39, 0.29) is 24.5 Å². The lowest BCUT2D eigenvalue weighted by molar-refractivity contribution is -0.132. The first-order valence-electron chi connectivity index (χ1n) is 8.35. The van der Waals surface area contributed by atoms with Gasteiger partial charge < -0.3 is 10.0 Å². The van der Waals surface area contributed by atoms with Crippen molar-refractivity contribution < 1.29 is 23.1 Å². The monoisotopic (exact) mass is 368 g/mol. The van der Waals surface area contributed by atoms with E-state index in [1.807, 2.05) is 6.07 Å². The van der Waals surface area contributed by atoms with Crippen LogP contribution >= 0.6 is 0 Å². The zero-order valence-electron chi connectivity index (χ0n) is 14.1. The van der Waals surface area contributed by atoms with E-state index in [9.17, 15) is 18.0 Å². The zero-order chi connectivity index (χ0) is 18.4. The molecule has 1 fully saturated rings. The topological polar surface area (TPSA) is 118 Å². The minimum absolute atomic E-state index is 0.0324. The molecule has 1 aliphatic heterocycles. The van der Waals surface area contributed by atoms with E-state index in [2.05, 4.69) is 0 Å². The van der Waals surface area contributed by atoms with Gasteiger partial charge in [-0.15, -0.1) is 0 Å². The minimum Gasteiger partial charge on any atom is -0.478 e. The van der Waals surface area contributed by atoms with Gasteiger partial charge >= 0.3 is 5.97 Å². The van der Waals surface area contributed by atoms with Gasteiger partial charge in [0.25, 0.3) is 0 Å². The number of carbonyl (C=O) groups is 2. The Bertz CT molecular complexity index is 724. The minimum atomic E-state index is -3.52. The van der Waals surface area contributed by atoms with Crippen molar-refractivity contribution in [2.45, 2.75) is 32.1 Å². The molecule has 1 aromatic carbocycles. The maximum absolute atomic E-state index is 12.1. The van der Waals surface area contributed by atoms with Gasteiger partial charge in [-0.1, -0.05) is 12.1 Å². The third-order valence-corrected chi connectivity index (χ3v) is 5.34. The van der Waals surface area contributed by atoms with Crippen molar-refractivity contribution in [1.82, 2.24) is 4.90 Å². The van der Waals surface area contributed by atoms with Gasteiger partial charge in [0.05, 0.1) is 11.3 Å². The smallest absolute Gasteiger partial charge is 0.335 e. The predicted octanol–water partition coefficient (Wildman–Crippen LogP) is 1.23. The average molecular weight is 368 g/mol. The number of aromatic carboxylic acids is 1. The molecule has 1 amide bonds. The Kier molecular flexibility index (Phi) is 6.55. The van der Waals surface area contributed by atoms with E-state index in [0.29, 0.717) is 24.6 Å². The molecular weight excluding hydrogens is 344 g/mol. The number of hydrogen-bond donors (Lipinski definition) is 2. The number of primary sulfonamides is 1. The average Bonchev–Trinajstić information content (AvgIpc) is 2.54. The number of amides is 1. The SMILES string of the molecule is NS(=O)(=O)CCCC(=O)N1CCC(Cc2cccc(C(=O)O)c2)CC1. The van der Waals surface area contributed by atoms with Crippen LogP contribution in [0.1, 0.15) is 41.6 Å². The van der Waals surface area contributed by atoms with Crippen LogP contribution < -0.4 is 5.14 Å². The van der Waals surface area contributed by atoms with E-state index in [4.69, 9.17) is 10.2 Å². The van der Waals surface area contributed by atoms with Gasteiger partial charge in [-0.3, -0.25) is 4.79 Å². The molecule has 3 N–H and O–H groups in total. The lowest BCUT2D eigenvalue weighted by Gasteiger charge is -2.32. The number of carbonyl (C=O) groups excluding carboxylic acids is 1. The number of benzene rings is 1. The zero-order valence-corrected chi connectivity index (χ0v) is 14.9. The Hall–Kier alpha value is -1.93. The number of nitrogens with two attached hydrogens (primary N) is 1. The van der Waals surface area contributed by atoms with Crippen molar-refractivity contribution in [1.29, 1.82) is 0 Å². The van der Waals surface area contributed by atoms with Crippen LogP contribution in [-0.2, 0) is 21.2 Å². The Morgan fingerprint density at radius 2 is 1.92 bits per heavy atom. The Morgan fingerprint density at radius 1 is 1.24 bits per heavy atom. The van der Waals surface area contributed by atoms with Gasteiger partial charge in [-0.05, 0) is 49.3 Å². The molecule has 0 saturated carbocycles. The van der Waals surface area contributed by atoms with Gasteiger partial charge in [0.2, 0.25) is 15.9 Å². The fraction of sp³-hybridized carbons (Fsp3) is 0.529. The maximum Gasteiger partial charge on any atom is 0.335 e. The number of carboxylic acids is 1. The summed E-state index contributed by atoms with van der Waals surface area (Å²) in [6, 6.07) is 6.96. The van der Waals surface area contributed by atoms with Crippen molar-refractivity contribution >= 4 is 21.9 Å². The molecule has 0 aromatic heterocycles. The molecule has 0 aliphatic carbocycles. The normalized spacial score (nSPS) is 16.0. The third kappa shape index (κ3) is 6.47. The standard InChI is InChI=1S/C17H24N2O5S/c18-25(23,24)10-2-5-16(20)19-8-6-13(7-9-19)11-14-3-1-4-15(12-14)17(21)22/h1,3-4,12-13H,2,5-11H2,(H,21,22)(H2,18,23,24). The first kappa shape index (κ1) is 19.4. The largest absolute Gasteiger partial charge is 0.478 e. The number of carboxylic acid groups (broad SMARTS) is 1. The highest BCUT2D eigenvalue weighted by Crippen LogP contribution is 2.23. The highest BCUT2D eigenvalue weighted by Gasteiger charge is 2.23. The summed E-state index contributed by atoms with van der Waals surface area (Å²) in [6.45, 7) is 1.30. The fourth-order valence-electron chi connectivity index (χ4n) is 3.13. The van der Waals surface area contributed by atoms with E-state index >= 15 is 0 Å². The molecule has 7 nitrogen and oxygen atoms in total. The third-order valence-electron chi connectivity index (χ3n) is 4.49. The molecule has 1 aromatic rings. The molecule has 0 unspecified atom stereocenters. The van der Waals surface area contributed by atoms with E-state index in [0.717, 1.165) is 24.8 Å². The lowest BCUT2D eigenvalue weighted by Crippen LogP contribution is -2.39. The van der Waals surface area contributed by atoms with Crippen LogP contribution in [0.2, 0.25) is 0 Å². The van der Waals surface area contributed by atoms with Crippen molar-refractivity contribution in [3.63, 3.8) is 0 Å². The number of nitrogens with zero attached hydrogens (tertiary/aromatic N) is 1. The van der Waals surface area contributed by atoms with Crippen LogP contribution in [0.4, 0.5) is 0 Å². The van der Waals surface area contributed by atoms with Gasteiger partial charge in [0.1, 0.15) is 0 Å². The van der Waals surface area contributed by atoms with E-state index in [1.54, 1.807) is 23.1 Å². The summed E-state index contributed by atoms with van der Waals surface area (Å²) in [5, 5.41) is 14.0. The summed E-state index contributed by atoms with van der Waals surface area (Å²) in [4.78, 5) is 24.9. The van der Waals surface area contributed by atoms with Crippen LogP contribution in [0.15, 0.2) is 24.3 Å². The highest BCUT2D eigenvalue weighted by molar-refractivity contribution is 7.89. The molecular formula is C17H24N2O5S. The van der Waals surface area contributed by atoms with E-state index < -0.39 is 16.0 Å². The second-order valence-corrected chi connectivity index (χ2v) is 8.24. The Morgan fingerprint density at radius 3 is 2.52 bits per heavy atom. The summed E-state index contributed by atoms with van der Waals surface area (Å²) in [5.74, 6) is -0.718. The molecule has 0 atom stereocenters. The second kappa shape index (κ2) is 8.44. The molecule has 25 heavy (non-hydrogen) atoms. The molecule has 1 saturated heterocycles. The maximum atomic E-state index is 12.1. The lowest BCUT2D eigenvalue weighted by atomic mass is 9.89. The van der Waals surface area contributed by atoms with Crippen LogP contribution in [0.25, 0.3) is 0 Å². The van der Waals surface area contributed by atoms with Crippen LogP contribution in [0.3, 0.4) is 0 Å². The summed E-state index contributed by atoms with van der Waals surface area (Å²) in [5.41, 5.74) is 1.29. The van der Waals surface area contributed by atoms with Crippen LogP contribution in [0, 0.1) is 5.92 Å². The summed E-state index contributed by atoms with van der Waals surface area (Å²) in [6.07, 6.45) is 2.96. The number of likely N-dealkylation sites (tertiary alicyclic amines) is 1. The molecule has 1 aliphatic rings. The molecule has 0 spiro atoms. The second-order valence-electron chi connectivity index (χ2n) is 6.50. The van der Waals surface area contributed by atoms with Crippen molar-refractivity contribution in [2.24, 2.45) is 11.1 Å². The number of hydrogen-bond acceptors (Lipinski definition) is 4. The van der Waals surface area contributed by atoms with Crippen molar-refractivity contribution in [3.8, 4) is 0 Å². The van der Waals surface area contributed by atoms with Crippen LogP contribution in [-0.4, -0.2) is 49.1 Å². The Labute approximate surface area is 147 Å². The summed E-state index contributed by atoms with van der Waals surface area (Å²) < 4.78 is 21.8. The number of sulfonamides is 1. The molecule has 0 radical (unpaired) electrons. The molecule has 1 heterocycles. The van der Waals surface area contributed by atoms with E-state index in [1.165, 1.54) is 0 Å².